The summed E-state index contributed by atoms with van der Waals surface area (Å²) in [5.41, 5.74) is 5.54. The zero-order chi connectivity index (χ0) is 27.8. The highest BCUT2D eigenvalue weighted by molar-refractivity contribution is 6.04. The van der Waals surface area contributed by atoms with Crippen LogP contribution in [0, 0.1) is 6.92 Å². The maximum Gasteiger partial charge on any atom is 0.343 e. The summed E-state index contributed by atoms with van der Waals surface area (Å²) in [6.45, 7) is 8.39. The predicted octanol–water partition coefficient (Wildman–Crippen LogP) is 6.42. The minimum Gasteiger partial charge on any atom is -0.494 e. The fourth-order valence-corrected chi connectivity index (χ4v) is 3.99. The lowest BCUT2D eigenvalue weighted by Crippen LogP contribution is -2.24. The van der Waals surface area contributed by atoms with Crippen molar-refractivity contribution in [3.63, 3.8) is 0 Å². The van der Waals surface area contributed by atoms with E-state index in [4.69, 9.17) is 14.2 Å². The molecule has 0 aromatic heterocycles. The SMILES string of the molecule is CCOc1ccc(C(=O)Oc2ccc3ccccc3c2/C=N/NC(=O)COc2cc(C(C)C)ccc2C)cc1. The van der Waals surface area contributed by atoms with Crippen LogP contribution in [0.2, 0.25) is 0 Å². The molecule has 4 rings (SSSR count). The number of benzene rings is 4. The Balaban J connectivity index is 1.48. The van der Waals surface area contributed by atoms with Gasteiger partial charge in [0, 0.05) is 5.56 Å². The van der Waals surface area contributed by atoms with Crippen molar-refractivity contribution in [1.82, 2.24) is 5.43 Å². The molecule has 0 radical (unpaired) electrons. The molecule has 0 bridgehead atoms. The molecule has 4 aromatic rings. The van der Waals surface area contributed by atoms with Crippen molar-refractivity contribution in [3.05, 3.63) is 101 Å². The molecule has 0 unspecified atom stereocenters. The van der Waals surface area contributed by atoms with Gasteiger partial charge in [-0.05, 0) is 78.1 Å². The number of fused-ring (bicyclic) bond motifs is 1. The first kappa shape index (κ1) is 27.4. The molecule has 200 valence electrons. The van der Waals surface area contributed by atoms with E-state index in [2.05, 4.69) is 30.4 Å². The first-order valence-corrected chi connectivity index (χ1v) is 12.9. The molecule has 0 saturated carbocycles. The number of hydrogen-bond acceptors (Lipinski definition) is 6. The van der Waals surface area contributed by atoms with Crippen molar-refractivity contribution in [2.24, 2.45) is 5.10 Å². The van der Waals surface area contributed by atoms with Crippen LogP contribution in [-0.2, 0) is 4.79 Å². The molecule has 7 heteroatoms. The monoisotopic (exact) mass is 524 g/mol. The van der Waals surface area contributed by atoms with Crippen LogP contribution in [0.15, 0.2) is 84.0 Å². The van der Waals surface area contributed by atoms with Gasteiger partial charge in [-0.25, -0.2) is 10.2 Å². The summed E-state index contributed by atoms with van der Waals surface area (Å²) in [5, 5.41) is 5.90. The fourth-order valence-electron chi connectivity index (χ4n) is 3.99. The van der Waals surface area contributed by atoms with Gasteiger partial charge in [0.25, 0.3) is 5.91 Å². The molecule has 0 aliphatic heterocycles. The smallest absolute Gasteiger partial charge is 0.343 e. The highest BCUT2D eigenvalue weighted by Crippen LogP contribution is 2.28. The third kappa shape index (κ3) is 7.02. The Morgan fingerprint density at radius 3 is 2.44 bits per heavy atom. The zero-order valence-corrected chi connectivity index (χ0v) is 22.6. The van der Waals surface area contributed by atoms with E-state index >= 15 is 0 Å². The molecule has 7 nitrogen and oxygen atoms in total. The maximum atomic E-state index is 12.9. The first-order chi connectivity index (χ1) is 18.9. The average Bonchev–Trinajstić information content (AvgIpc) is 2.94. The van der Waals surface area contributed by atoms with Gasteiger partial charge in [0.15, 0.2) is 6.61 Å². The van der Waals surface area contributed by atoms with Gasteiger partial charge in [0.05, 0.1) is 18.4 Å². The van der Waals surface area contributed by atoms with Gasteiger partial charge in [-0.15, -0.1) is 0 Å². The van der Waals surface area contributed by atoms with Gasteiger partial charge in [0.1, 0.15) is 17.2 Å². The molecule has 0 aliphatic carbocycles. The fraction of sp³-hybridized carbons (Fsp3) is 0.219. The van der Waals surface area contributed by atoms with E-state index in [-0.39, 0.29) is 6.61 Å². The standard InChI is InChI=1S/C32H32N2O5/c1-5-37-26-15-12-24(13-16-26)32(36)39-29-17-14-23-8-6-7-9-27(23)28(29)19-33-34-31(35)20-38-30-18-25(21(2)3)11-10-22(30)4/h6-19,21H,5,20H2,1-4H3,(H,34,35)/b33-19+. The lowest BCUT2D eigenvalue weighted by Gasteiger charge is -2.12. The Hall–Kier alpha value is -4.65. The summed E-state index contributed by atoms with van der Waals surface area (Å²) in [5.74, 6) is 1.09. The first-order valence-electron chi connectivity index (χ1n) is 12.9. The summed E-state index contributed by atoms with van der Waals surface area (Å²) in [6, 6.07) is 24.0. The third-order valence-corrected chi connectivity index (χ3v) is 6.15. The Labute approximate surface area is 228 Å². The van der Waals surface area contributed by atoms with E-state index in [0.717, 1.165) is 21.9 Å². The number of aryl methyl sites for hydroxylation is 1. The quantitative estimate of drug-likeness (QED) is 0.112. The minimum absolute atomic E-state index is 0.186. The molecule has 0 saturated heterocycles. The molecule has 39 heavy (non-hydrogen) atoms. The molecule has 0 spiro atoms. The second-order valence-electron chi connectivity index (χ2n) is 9.31. The molecule has 1 N–H and O–H groups in total. The largest absolute Gasteiger partial charge is 0.494 e. The van der Waals surface area contributed by atoms with Crippen LogP contribution >= 0.6 is 0 Å². The number of ether oxygens (including phenoxy) is 3. The molecular formula is C32H32N2O5. The second-order valence-corrected chi connectivity index (χ2v) is 9.31. The van der Waals surface area contributed by atoms with Crippen molar-refractivity contribution in [3.8, 4) is 17.2 Å². The van der Waals surface area contributed by atoms with E-state index < -0.39 is 11.9 Å². The van der Waals surface area contributed by atoms with Gasteiger partial charge >= 0.3 is 5.97 Å². The van der Waals surface area contributed by atoms with E-state index in [1.165, 1.54) is 6.21 Å². The summed E-state index contributed by atoms with van der Waals surface area (Å²) < 4.78 is 16.9. The number of hydrazone groups is 1. The van der Waals surface area contributed by atoms with E-state index in [1.807, 2.05) is 56.3 Å². The Kier molecular flexibility index (Phi) is 8.94. The number of esters is 1. The average molecular weight is 525 g/mol. The highest BCUT2D eigenvalue weighted by atomic mass is 16.5. The summed E-state index contributed by atoms with van der Waals surface area (Å²) >= 11 is 0. The molecule has 0 fully saturated rings. The van der Waals surface area contributed by atoms with Gasteiger partial charge in [-0.2, -0.15) is 5.10 Å². The lowest BCUT2D eigenvalue weighted by molar-refractivity contribution is -0.123. The summed E-state index contributed by atoms with van der Waals surface area (Å²) in [6.07, 6.45) is 1.48. The van der Waals surface area contributed by atoms with Crippen LogP contribution in [-0.4, -0.2) is 31.3 Å². The van der Waals surface area contributed by atoms with Gasteiger partial charge in [-0.3, -0.25) is 4.79 Å². The Bertz CT molecular complexity index is 1490. The highest BCUT2D eigenvalue weighted by Gasteiger charge is 2.14. The van der Waals surface area contributed by atoms with Crippen LogP contribution in [0.4, 0.5) is 0 Å². The van der Waals surface area contributed by atoms with Crippen LogP contribution < -0.4 is 19.6 Å². The minimum atomic E-state index is -0.514. The van der Waals surface area contributed by atoms with Crippen molar-refractivity contribution < 1.29 is 23.8 Å². The number of nitrogens with zero attached hydrogens (tertiary/aromatic N) is 1. The summed E-state index contributed by atoms with van der Waals surface area (Å²) in [7, 11) is 0. The Morgan fingerprint density at radius 1 is 0.923 bits per heavy atom. The van der Waals surface area contributed by atoms with Crippen LogP contribution in [0.1, 0.15) is 53.7 Å². The topological polar surface area (TPSA) is 86.2 Å². The van der Waals surface area contributed by atoms with Crippen LogP contribution in [0.3, 0.4) is 0 Å². The summed E-state index contributed by atoms with van der Waals surface area (Å²) in [4.78, 5) is 25.3. The number of carbonyl (C=O) groups is 2. The molecule has 0 heterocycles. The van der Waals surface area contributed by atoms with Crippen molar-refractivity contribution >= 4 is 28.9 Å². The molecule has 4 aromatic carbocycles. The van der Waals surface area contributed by atoms with Gasteiger partial charge in [-0.1, -0.05) is 56.3 Å². The number of carbonyl (C=O) groups excluding carboxylic acids is 2. The van der Waals surface area contributed by atoms with Crippen molar-refractivity contribution in [2.75, 3.05) is 13.2 Å². The van der Waals surface area contributed by atoms with Crippen molar-refractivity contribution in [2.45, 2.75) is 33.6 Å². The molecule has 1 amide bonds. The molecular weight excluding hydrogens is 492 g/mol. The number of nitrogens with one attached hydrogen (secondary N) is 1. The molecule has 0 atom stereocenters. The lowest BCUT2D eigenvalue weighted by atomic mass is 10.0. The number of hydrogen-bond donors (Lipinski definition) is 1. The van der Waals surface area contributed by atoms with E-state index in [1.54, 1.807) is 30.3 Å². The predicted molar refractivity (Wildman–Crippen MR) is 153 cm³/mol. The zero-order valence-electron chi connectivity index (χ0n) is 22.6. The van der Waals surface area contributed by atoms with Gasteiger partial charge < -0.3 is 14.2 Å². The van der Waals surface area contributed by atoms with E-state index in [0.29, 0.717) is 40.9 Å². The van der Waals surface area contributed by atoms with Gasteiger partial charge in [0.2, 0.25) is 0 Å². The van der Waals surface area contributed by atoms with E-state index in [9.17, 15) is 9.59 Å². The van der Waals surface area contributed by atoms with Crippen molar-refractivity contribution in [1.29, 1.82) is 0 Å². The number of rotatable bonds is 10. The number of amides is 1. The maximum absolute atomic E-state index is 12.9. The third-order valence-electron chi connectivity index (χ3n) is 6.15. The normalized spacial score (nSPS) is 11.1. The van der Waals surface area contributed by atoms with Crippen LogP contribution in [0.25, 0.3) is 10.8 Å². The second kappa shape index (κ2) is 12.7. The Morgan fingerprint density at radius 2 is 1.69 bits per heavy atom. The van der Waals surface area contributed by atoms with Crippen LogP contribution in [0.5, 0.6) is 17.2 Å². The molecule has 0 aliphatic rings.